The Morgan fingerprint density at radius 2 is 1.89 bits per heavy atom. The smallest absolute Gasteiger partial charge is 0.220 e. The number of aromatic nitrogens is 2. The van der Waals surface area contributed by atoms with Gasteiger partial charge in [0.1, 0.15) is 5.82 Å². The minimum atomic E-state index is 0.0126. The predicted octanol–water partition coefficient (Wildman–Crippen LogP) is 2.88. The van der Waals surface area contributed by atoms with Crippen LogP contribution < -0.4 is 14.8 Å². The molecule has 27 heavy (non-hydrogen) atoms. The Labute approximate surface area is 159 Å². The van der Waals surface area contributed by atoms with Crippen molar-refractivity contribution in [2.75, 3.05) is 20.8 Å². The van der Waals surface area contributed by atoms with Crippen molar-refractivity contribution in [2.24, 2.45) is 7.05 Å². The first-order chi connectivity index (χ1) is 13.1. The number of nitrogens with zero attached hydrogens (tertiary/aromatic N) is 2. The van der Waals surface area contributed by atoms with Crippen LogP contribution in [-0.2, 0) is 24.7 Å². The number of rotatable bonds is 8. The summed E-state index contributed by atoms with van der Waals surface area (Å²) in [5.74, 6) is 2.34. The topological polar surface area (TPSA) is 65.4 Å². The first-order valence-corrected chi connectivity index (χ1v) is 9.01. The van der Waals surface area contributed by atoms with Crippen molar-refractivity contribution >= 4 is 16.9 Å². The average Bonchev–Trinajstić information content (AvgIpc) is 3.02. The summed E-state index contributed by atoms with van der Waals surface area (Å²) in [5.41, 5.74) is 3.04. The highest BCUT2D eigenvalue weighted by Crippen LogP contribution is 2.31. The maximum Gasteiger partial charge on any atom is 0.220 e. The van der Waals surface area contributed by atoms with Crippen molar-refractivity contribution in [2.45, 2.75) is 19.3 Å². The molecule has 3 aromatic rings. The molecule has 0 spiro atoms. The molecule has 0 aliphatic carbocycles. The van der Waals surface area contributed by atoms with Crippen LogP contribution in [0.25, 0.3) is 11.0 Å². The fourth-order valence-corrected chi connectivity index (χ4v) is 3.22. The molecular weight excluding hydrogens is 342 g/mol. The van der Waals surface area contributed by atoms with Gasteiger partial charge in [-0.3, -0.25) is 4.79 Å². The number of carbonyl (C=O) groups excluding carboxylic acids is 1. The molecule has 0 atom stereocenters. The van der Waals surface area contributed by atoms with Gasteiger partial charge in [0.05, 0.1) is 25.3 Å². The summed E-state index contributed by atoms with van der Waals surface area (Å²) >= 11 is 0. The normalized spacial score (nSPS) is 10.8. The van der Waals surface area contributed by atoms with Crippen molar-refractivity contribution in [1.82, 2.24) is 14.9 Å². The van der Waals surface area contributed by atoms with Crippen LogP contribution >= 0.6 is 0 Å². The standard InChI is InChI=1S/C21H25N3O3/c1-24-17-9-5-4-8-16(17)23-19(24)13-14-22-20(25)12-11-15-7-6-10-18(26-2)21(15)27-3/h4-10H,11-14H2,1-3H3,(H,22,25). The summed E-state index contributed by atoms with van der Waals surface area (Å²) in [6.45, 7) is 0.561. The van der Waals surface area contributed by atoms with Gasteiger partial charge in [0.25, 0.3) is 0 Å². The third kappa shape index (κ3) is 4.22. The molecule has 1 heterocycles. The Balaban J connectivity index is 1.52. The summed E-state index contributed by atoms with van der Waals surface area (Å²) in [6, 6.07) is 13.7. The molecule has 0 saturated heterocycles. The van der Waals surface area contributed by atoms with Crippen LogP contribution in [0.2, 0.25) is 0 Å². The lowest BCUT2D eigenvalue weighted by molar-refractivity contribution is -0.121. The van der Waals surface area contributed by atoms with E-state index in [1.807, 2.05) is 49.5 Å². The molecule has 142 valence electrons. The molecule has 6 nitrogen and oxygen atoms in total. The maximum atomic E-state index is 12.2. The van der Waals surface area contributed by atoms with Crippen molar-refractivity contribution < 1.29 is 14.3 Å². The zero-order valence-corrected chi connectivity index (χ0v) is 16.0. The zero-order chi connectivity index (χ0) is 19.2. The number of aryl methyl sites for hydroxylation is 2. The van der Waals surface area contributed by atoms with E-state index < -0.39 is 0 Å². The molecule has 0 unspecified atom stereocenters. The van der Waals surface area contributed by atoms with E-state index in [9.17, 15) is 4.79 Å². The van der Waals surface area contributed by atoms with Gasteiger partial charge in [-0.15, -0.1) is 0 Å². The first-order valence-electron chi connectivity index (χ1n) is 9.01. The van der Waals surface area contributed by atoms with Gasteiger partial charge in [-0.1, -0.05) is 24.3 Å². The van der Waals surface area contributed by atoms with Crippen LogP contribution in [0.15, 0.2) is 42.5 Å². The Kier molecular flexibility index (Phi) is 5.96. The number of ether oxygens (including phenoxy) is 2. The van der Waals surface area contributed by atoms with Gasteiger partial charge in [-0.25, -0.2) is 4.98 Å². The van der Waals surface area contributed by atoms with E-state index in [-0.39, 0.29) is 5.91 Å². The molecule has 2 aromatic carbocycles. The van der Waals surface area contributed by atoms with Gasteiger partial charge in [0.15, 0.2) is 11.5 Å². The highest BCUT2D eigenvalue weighted by atomic mass is 16.5. The third-order valence-electron chi connectivity index (χ3n) is 4.66. The Morgan fingerprint density at radius 3 is 2.63 bits per heavy atom. The van der Waals surface area contributed by atoms with Crippen molar-refractivity contribution in [1.29, 1.82) is 0 Å². The van der Waals surface area contributed by atoms with Crippen molar-refractivity contribution in [3.05, 3.63) is 53.9 Å². The zero-order valence-electron chi connectivity index (χ0n) is 16.0. The second kappa shape index (κ2) is 8.58. The molecule has 0 aliphatic rings. The molecule has 0 aliphatic heterocycles. The minimum absolute atomic E-state index is 0.0126. The van der Waals surface area contributed by atoms with Crippen molar-refractivity contribution in [3.63, 3.8) is 0 Å². The Morgan fingerprint density at radius 1 is 1.07 bits per heavy atom. The Bertz CT molecular complexity index is 934. The minimum Gasteiger partial charge on any atom is -0.493 e. The average molecular weight is 367 g/mol. The second-order valence-corrected chi connectivity index (χ2v) is 6.33. The van der Waals surface area contributed by atoms with E-state index in [0.717, 1.165) is 22.4 Å². The van der Waals surface area contributed by atoms with Gasteiger partial charge in [-0.2, -0.15) is 0 Å². The van der Waals surface area contributed by atoms with E-state index in [2.05, 4.69) is 14.9 Å². The molecule has 3 rings (SSSR count). The largest absolute Gasteiger partial charge is 0.493 e. The first kappa shape index (κ1) is 18.8. The lowest BCUT2D eigenvalue weighted by Crippen LogP contribution is -2.26. The quantitative estimate of drug-likeness (QED) is 0.665. The Hall–Kier alpha value is -3.02. The fraction of sp³-hybridized carbons (Fsp3) is 0.333. The number of methoxy groups -OCH3 is 2. The number of amides is 1. The van der Waals surface area contributed by atoms with E-state index in [1.54, 1.807) is 14.2 Å². The SMILES string of the molecule is COc1cccc(CCC(=O)NCCc2nc3ccccc3n2C)c1OC. The lowest BCUT2D eigenvalue weighted by atomic mass is 10.1. The van der Waals surface area contributed by atoms with Crippen LogP contribution in [0.5, 0.6) is 11.5 Å². The van der Waals surface area contributed by atoms with Gasteiger partial charge in [0.2, 0.25) is 5.91 Å². The molecule has 1 amide bonds. The number of fused-ring (bicyclic) bond motifs is 1. The number of imidazole rings is 1. The van der Waals surface area contributed by atoms with Gasteiger partial charge in [0, 0.05) is 26.4 Å². The molecule has 0 saturated carbocycles. The number of hydrogen-bond donors (Lipinski definition) is 1. The number of hydrogen-bond acceptors (Lipinski definition) is 4. The molecule has 0 radical (unpaired) electrons. The van der Waals surface area contributed by atoms with E-state index >= 15 is 0 Å². The predicted molar refractivity (Wildman–Crippen MR) is 105 cm³/mol. The summed E-state index contributed by atoms with van der Waals surface area (Å²) in [6.07, 6.45) is 1.68. The molecule has 1 N–H and O–H groups in total. The van der Waals surface area contributed by atoms with E-state index in [1.165, 1.54) is 0 Å². The molecule has 6 heteroatoms. The second-order valence-electron chi connectivity index (χ2n) is 6.33. The summed E-state index contributed by atoms with van der Waals surface area (Å²) in [7, 11) is 5.22. The number of benzene rings is 2. The van der Waals surface area contributed by atoms with Crippen LogP contribution in [0, 0.1) is 0 Å². The van der Waals surface area contributed by atoms with Crippen LogP contribution in [0.1, 0.15) is 17.8 Å². The highest BCUT2D eigenvalue weighted by molar-refractivity contribution is 5.77. The highest BCUT2D eigenvalue weighted by Gasteiger charge is 2.12. The third-order valence-corrected chi connectivity index (χ3v) is 4.66. The van der Waals surface area contributed by atoms with E-state index in [0.29, 0.717) is 37.3 Å². The number of para-hydroxylation sites is 3. The summed E-state index contributed by atoms with van der Waals surface area (Å²) in [4.78, 5) is 16.8. The number of nitrogens with one attached hydrogen (secondary N) is 1. The fourth-order valence-electron chi connectivity index (χ4n) is 3.22. The van der Waals surface area contributed by atoms with Gasteiger partial charge < -0.3 is 19.4 Å². The van der Waals surface area contributed by atoms with Crippen LogP contribution in [0.4, 0.5) is 0 Å². The molecular formula is C21H25N3O3. The lowest BCUT2D eigenvalue weighted by Gasteiger charge is -2.12. The van der Waals surface area contributed by atoms with Gasteiger partial charge >= 0.3 is 0 Å². The number of carbonyl (C=O) groups is 1. The van der Waals surface area contributed by atoms with E-state index in [4.69, 9.17) is 9.47 Å². The van der Waals surface area contributed by atoms with Crippen LogP contribution in [0.3, 0.4) is 0 Å². The summed E-state index contributed by atoms with van der Waals surface area (Å²) in [5, 5.41) is 2.97. The monoisotopic (exact) mass is 367 g/mol. The van der Waals surface area contributed by atoms with Crippen LogP contribution in [-0.4, -0.2) is 36.2 Å². The summed E-state index contributed by atoms with van der Waals surface area (Å²) < 4.78 is 12.8. The van der Waals surface area contributed by atoms with Gasteiger partial charge in [-0.05, 0) is 30.2 Å². The molecule has 0 bridgehead atoms. The van der Waals surface area contributed by atoms with Crippen molar-refractivity contribution in [3.8, 4) is 11.5 Å². The maximum absolute atomic E-state index is 12.2. The molecule has 0 fully saturated rings. The molecule has 1 aromatic heterocycles.